The SMILES string of the molecule is CCC(C)NC(=O)C(C)N(Cc1ccc(OC)cc1)C(=O)CN(c1cc(Cl)ccc1C)S(=O)(=O)c1ccc(C)cc1. The summed E-state index contributed by atoms with van der Waals surface area (Å²) in [7, 11) is -2.62. The van der Waals surface area contributed by atoms with E-state index >= 15 is 0 Å². The molecule has 0 bridgehead atoms. The lowest BCUT2D eigenvalue weighted by atomic mass is 10.1. The normalized spacial score (nSPS) is 12.8. The van der Waals surface area contributed by atoms with Gasteiger partial charge in [0.05, 0.1) is 17.7 Å². The number of methoxy groups -OCH3 is 1. The van der Waals surface area contributed by atoms with Crippen molar-refractivity contribution in [2.75, 3.05) is 18.0 Å². The van der Waals surface area contributed by atoms with E-state index in [-0.39, 0.29) is 29.1 Å². The lowest BCUT2D eigenvalue weighted by molar-refractivity contribution is -0.139. The minimum atomic E-state index is -4.18. The summed E-state index contributed by atoms with van der Waals surface area (Å²) in [6, 6.07) is 17.5. The largest absolute Gasteiger partial charge is 0.497 e. The van der Waals surface area contributed by atoms with Crippen molar-refractivity contribution in [3.8, 4) is 5.75 Å². The molecule has 0 saturated carbocycles. The van der Waals surface area contributed by atoms with Crippen LogP contribution in [-0.2, 0) is 26.2 Å². The average molecular weight is 600 g/mol. The van der Waals surface area contributed by atoms with Crippen molar-refractivity contribution in [1.29, 1.82) is 0 Å². The molecule has 0 saturated heterocycles. The van der Waals surface area contributed by atoms with Crippen molar-refractivity contribution < 1.29 is 22.7 Å². The fraction of sp³-hybridized carbons (Fsp3) is 0.355. The molecule has 0 heterocycles. The van der Waals surface area contributed by atoms with Gasteiger partial charge in [-0.3, -0.25) is 13.9 Å². The molecule has 0 fully saturated rings. The molecule has 2 atom stereocenters. The van der Waals surface area contributed by atoms with Crippen LogP contribution in [0.2, 0.25) is 5.02 Å². The van der Waals surface area contributed by atoms with Crippen LogP contribution in [0.4, 0.5) is 5.69 Å². The molecule has 0 aliphatic carbocycles. The Kier molecular flexibility index (Phi) is 10.8. The standard InChI is InChI=1S/C31H38ClN3O5S/c1-7-23(4)33-31(37)24(5)34(19-25-11-14-27(40-6)15-12-25)30(36)20-35(29-18-26(32)13-10-22(29)3)41(38,39)28-16-8-21(2)9-17-28/h8-18,23-24H,7,19-20H2,1-6H3,(H,33,37). The van der Waals surface area contributed by atoms with Crippen molar-refractivity contribution in [3.63, 3.8) is 0 Å². The molecule has 1 N–H and O–H groups in total. The Morgan fingerprint density at radius 2 is 1.61 bits per heavy atom. The van der Waals surface area contributed by atoms with Gasteiger partial charge in [-0.1, -0.05) is 54.4 Å². The van der Waals surface area contributed by atoms with E-state index in [1.54, 1.807) is 69.5 Å². The van der Waals surface area contributed by atoms with E-state index in [0.717, 1.165) is 21.9 Å². The summed E-state index contributed by atoms with van der Waals surface area (Å²) < 4.78 is 34.3. The number of rotatable bonds is 12. The van der Waals surface area contributed by atoms with E-state index in [9.17, 15) is 18.0 Å². The van der Waals surface area contributed by atoms with Crippen molar-refractivity contribution in [2.24, 2.45) is 0 Å². The summed E-state index contributed by atoms with van der Waals surface area (Å²) >= 11 is 6.28. The number of sulfonamides is 1. The van der Waals surface area contributed by atoms with Gasteiger partial charge in [-0.15, -0.1) is 0 Å². The third-order valence-corrected chi connectivity index (χ3v) is 9.02. The molecular formula is C31H38ClN3O5S. The highest BCUT2D eigenvalue weighted by Crippen LogP contribution is 2.30. The van der Waals surface area contributed by atoms with Crippen LogP contribution in [0, 0.1) is 13.8 Å². The zero-order valence-corrected chi connectivity index (χ0v) is 25.9. The number of benzene rings is 3. The third-order valence-electron chi connectivity index (χ3n) is 7.01. The average Bonchev–Trinajstić information content (AvgIpc) is 2.95. The maximum absolute atomic E-state index is 14.1. The summed E-state index contributed by atoms with van der Waals surface area (Å²) in [6.07, 6.45) is 0.724. The predicted molar refractivity (Wildman–Crippen MR) is 163 cm³/mol. The van der Waals surface area contributed by atoms with Gasteiger partial charge in [0.15, 0.2) is 0 Å². The van der Waals surface area contributed by atoms with Gasteiger partial charge in [-0.05, 0) is 81.6 Å². The number of carbonyl (C=O) groups is 2. The number of amides is 2. The van der Waals surface area contributed by atoms with E-state index in [4.69, 9.17) is 16.3 Å². The molecule has 41 heavy (non-hydrogen) atoms. The van der Waals surface area contributed by atoms with Gasteiger partial charge in [0.25, 0.3) is 10.0 Å². The Labute approximate surface area is 248 Å². The van der Waals surface area contributed by atoms with Crippen LogP contribution in [0.25, 0.3) is 0 Å². The second-order valence-corrected chi connectivity index (χ2v) is 12.4. The summed E-state index contributed by atoms with van der Waals surface area (Å²) in [5.41, 5.74) is 2.57. The number of ether oxygens (including phenoxy) is 1. The fourth-order valence-electron chi connectivity index (χ4n) is 4.18. The molecule has 0 spiro atoms. The molecule has 0 radical (unpaired) electrons. The molecule has 8 nitrogen and oxygen atoms in total. The number of hydrogen-bond donors (Lipinski definition) is 1. The van der Waals surface area contributed by atoms with E-state index in [0.29, 0.717) is 16.3 Å². The Morgan fingerprint density at radius 1 is 0.976 bits per heavy atom. The first-order valence-corrected chi connectivity index (χ1v) is 15.3. The number of nitrogens with one attached hydrogen (secondary N) is 1. The minimum Gasteiger partial charge on any atom is -0.497 e. The highest BCUT2D eigenvalue weighted by Gasteiger charge is 2.33. The van der Waals surface area contributed by atoms with E-state index in [2.05, 4.69) is 5.32 Å². The summed E-state index contributed by atoms with van der Waals surface area (Å²) in [5.74, 6) is -0.211. The van der Waals surface area contributed by atoms with Gasteiger partial charge in [-0.2, -0.15) is 0 Å². The molecule has 0 aliphatic rings. The van der Waals surface area contributed by atoms with Crippen LogP contribution in [0.15, 0.2) is 71.6 Å². The summed E-state index contributed by atoms with van der Waals surface area (Å²) in [6.45, 7) is 8.66. The van der Waals surface area contributed by atoms with E-state index in [1.165, 1.54) is 23.1 Å². The molecular weight excluding hydrogens is 562 g/mol. The quantitative estimate of drug-likeness (QED) is 0.297. The Bertz CT molecular complexity index is 1460. The van der Waals surface area contributed by atoms with Crippen molar-refractivity contribution in [3.05, 3.63) is 88.4 Å². The lowest BCUT2D eigenvalue weighted by Gasteiger charge is -2.33. The number of aryl methyl sites for hydroxylation is 2. The number of anilines is 1. The fourth-order valence-corrected chi connectivity index (χ4v) is 5.81. The molecule has 220 valence electrons. The van der Waals surface area contributed by atoms with Gasteiger partial charge in [0, 0.05) is 17.6 Å². The molecule has 3 aromatic rings. The highest BCUT2D eigenvalue weighted by atomic mass is 35.5. The van der Waals surface area contributed by atoms with Gasteiger partial charge >= 0.3 is 0 Å². The lowest BCUT2D eigenvalue weighted by Crippen LogP contribution is -2.52. The smallest absolute Gasteiger partial charge is 0.264 e. The van der Waals surface area contributed by atoms with E-state index < -0.39 is 28.5 Å². The number of halogens is 1. The molecule has 2 unspecified atom stereocenters. The Hall–Kier alpha value is -3.56. The minimum absolute atomic E-state index is 0.0412. The molecule has 2 amide bonds. The summed E-state index contributed by atoms with van der Waals surface area (Å²) in [5, 5.41) is 3.26. The van der Waals surface area contributed by atoms with Crippen LogP contribution in [0.5, 0.6) is 5.75 Å². The van der Waals surface area contributed by atoms with Crippen molar-refractivity contribution >= 4 is 39.1 Å². The van der Waals surface area contributed by atoms with Crippen LogP contribution >= 0.6 is 11.6 Å². The zero-order chi connectivity index (χ0) is 30.3. The monoisotopic (exact) mass is 599 g/mol. The third kappa shape index (κ3) is 8.01. The first kappa shape index (κ1) is 32.0. The number of hydrogen-bond acceptors (Lipinski definition) is 5. The van der Waals surface area contributed by atoms with E-state index in [1.807, 2.05) is 20.8 Å². The maximum atomic E-state index is 14.1. The molecule has 0 aromatic heterocycles. The predicted octanol–water partition coefficient (Wildman–Crippen LogP) is 5.49. The van der Waals surface area contributed by atoms with Crippen molar-refractivity contribution in [2.45, 2.75) is 64.6 Å². The van der Waals surface area contributed by atoms with Crippen LogP contribution in [0.1, 0.15) is 43.9 Å². The van der Waals surface area contributed by atoms with Gasteiger partial charge in [-0.25, -0.2) is 8.42 Å². The van der Waals surface area contributed by atoms with Crippen LogP contribution < -0.4 is 14.4 Å². The molecule has 3 aromatic carbocycles. The first-order valence-electron chi connectivity index (χ1n) is 13.5. The van der Waals surface area contributed by atoms with Crippen LogP contribution in [-0.4, -0.2) is 50.9 Å². The highest BCUT2D eigenvalue weighted by molar-refractivity contribution is 7.92. The number of nitrogens with zero attached hydrogens (tertiary/aromatic N) is 2. The van der Waals surface area contributed by atoms with Crippen molar-refractivity contribution in [1.82, 2.24) is 10.2 Å². The first-order chi connectivity index (χ1) is 19.4. The second kappa shape index (κ2) is 13.9. The topological polar surface area (TPSA) is 96.0 Å². The number of carbonyl (C=O) groups excluding carboxylic acids is 2. The molecule has 3 rings (SSSR count). The maximum Gasteiger partial charge on any atom is 0.264 e. The molecule has 0 aliphatic heterocycles. The van der Waals surface area contributed by atoms with Gasteiger partial charge in [0.1, 0.15) is 18.3 Å². The summed E-state index contributed by atoms with van der Waals surface area (Å²) in [4.78, 5) is 28.7. The Morgan fingerprint density at radius 3 is 2.20 bits per heavy atom. The zero-order valence-electron chi connectivity index (χ0n) is 24.3. The van der Waals surface area contributed by atoms with Gasteiger partial charge in [0.2, 0.25) is 11.8 Å². The second-order valence-electron chi connectivity index (χ2n) is 10.1. The Balaban J connectivity index is 2.06. The van der Waals surface area contributed by atoms with Crippen LogP contribution in [0.3, 0.4) is 0 Å². The van der Waals surface area contributed by atoms with Gasteiger partial charge < -0.3 is 15.0 Å². The molecule has 10 heteroatoms.